The van der Waals surface area contributed by atoms with Gasteiger partial charge in [-0.2, -0.15) is 13.2 Å². The van der Waals surface area contributed by atoms with Crippen LogP contribution in [0.5, 0.6) is 0 Å². The number of carbonyl (C=O) groups excluding carboxylic acids is 1. The summed E-state index contributed by atoms with van der Waals surface area (Å²) in [5.74, 6) is -1.65. The smallest absolute Gasteiger partial charge is 0.370 e. The van der Waals surface area contributed by atoms with Gasteiger partial charge in [0, 0.05) is 11.1 Å². The number of sulfone groups is 1. The molecular formula is C13H15ClF3NO4S. The third kappa shape index (κ3) is 7.67. The number of rotatable bonds is 7. The average molecular weight is 374 g/mol. The van der Waals surface area contributed by atoms with Crippen LogP contribution in [-0.2, 0) is 19.4 Å². The van der Waals surface area contributed by atoms with Gasteiger partial charge >= 0.3 is 6.18 Å². The first-order valence-electron chi connectivity index (χ1n) is 6.42. The average Bonchev–Trinajstić information content (AvgIpc) is 2.36. The van der Waals surface area contributed by atoms with E-state index in [9.17, 15) is 26.4 Å². The van der Waals surface area contributed by atoms with Gasteiger partial charge in [-0.1, -0.05) is 11.6 Å². The molecule has 0 bridgehead atoms. The summed E-state index contributed by atoms with van der Waals surface area (Å²) in [5.41, 5.74) is 0. The van der Waals surface area contributed by atoms with Crippen molar-refractivity contribution < 1.29 is 31.1 Å². The van der Waals surface area contributed by atoms with Crippen LogP contribution in [0.1, 0.15) is 6.92 Å². The van der Waals surface area contributed by atoms with E-state index in [1.165, 1.54) is 31.2 Å². The summed E-state index contributed by atoms with van der Waals surface area (Å²) in [5, 5.41) is 2.62. The van der Waals surface area contributed by atoms with Crippen molar-refractivity contribution in [1.29, 1.82) is 0 Å². The number of hydrogen-bond acceptors (Lipinski definition) is 4. The molecule has 0 aliphatic heterocycles. The van der Waals surface area contributed by atoms with Gasteiger partial charge in [-0.25, -0.2) is 8.42 Å². The molecule has 23 heavy (non-hydrogen) atoms. The number of ether oxygens (including phenoxy) is 1. The molecule has 0 saturated carbocycles. The van der Waals surface area contributed by atoms with Gasteiger partial charge in [-0.05, 0) is 31.2 Å². The van der Waals surface area contributed by atoms with Crippen LogP contribution in [0.15, 0.2) is 29.2 Å². The van der Waals surface area contributed by atoms with Crippen molar-refractivity contribution in [3.8, 4) is 0 Å². The van der Waals surface area contributed by atoms with Gasteiger partial charge in [0.1, 0.15) is 12.4 Å². The molecule has 0 aliphatic rings. The lowest BCUT2D eigenvalue weighted by Gasteiger charge is -2.15. The highest BCUT2D eigenvalue weighted by Crippen LogP contribution is 2.16. The number of hydrogen-bond donors (Lipinski definition) is 1. The van der Waals surface area contributed by atoms with Crippen LogP contribution in [0.25, 0.3) is 0 Å². The van der Waals surface area contributed by atoms with Crippen molar-refractivity contribution in [2.24, 2.45) is 0 Å². The Balaban J connectivity index is 2.50. The Bertz CT molecular complexity index is 632. The van der Waals surface area contributed by atoms with Crippen LogP contribution >= 0.6 is 11.6 Å². The molecule has 1 amide bonds. The van der Waals surface area contributed by atoms with Gasteiger partial charge in [0.2, 0.25) is 5.91 Å². The van der Waals surface area contributed by atoms with Gasteiger partial charge < -0.3 is 10.1 Å². The Morgan fingerprint density at radius 1 is 1.30 bits per heavy atom. The lowest BCUT2D eigenvalue weighted by molar-refractivity contribution is -0.175. The van der Waals surface area contributed by atoms with Gasteiger partial charge in [-0.15, -0.1) is 0 Å². The lowest BCUT2D eigenvalue weighted by atomic mass is 10.3. The summed E-state index contributed by atoms with van der Waals surface area (Å²) in [6, 6.07) is 4.52. The Hall–Kier alpha value is -1.32. The maximum Gasteiger partial charge on any atom is 0.411 e. The minimum absolute atomic E-state index is 0.0713. The molecule has 5 nitrogen and oxygen atoms in total. The van der Waals surface area contributed by atoms with Gasteiger partial charge in [0.05, 0.1) is 11.5 Å². The van der Waals surface area contributed by atoms with Crippen LogP contribution in [-0.4, -0.2) is 45.5 Å². The molecule has 0 aliphatic carbocycles. The van der Waals surface area contributed by atoms with Crippen LogP contribution < -0.4 is 5.32 Å². The maximum absolute atomic E-state index is 12.0. The molecule has 1 aromatic rings. The predicted octanol–water partition coefficient (Wildman–Crippen LogP) is 2.20. The minimum Gasteiger partial charge on any atom is -0.370 e. The molecule has 1 aromatic carbocycles. The van der Waals surface area contributed by atoms with E-state index in [1.54, 1.807) is 0 Å². The van der Waals surface area contributed by atoms with Crippen molar-refractivity contribution in [2.45, 2.75) is 24.0 Å². The first kappa shape index (κ1) is 19.7. The zero-order chi connectivity index (χ0) is 17.7. The van der Waals surface area contributed by atoms with E-state index in [2.05, 4.69) is 10.1 Å². The van der Waals surface area contributed by atoms with E-state index in [4.69, 9.17) is 11.6 Å². The molecule has 0 heterocycles. The van der Waals surface area contributed by atoms with Crippen molar-refractivity contribution in [1.82, 2.24) is 5.32 Å². The summed E-state index contributed by atoms with van der Waals surface area (Å²) >= 11 is 5.65. The molecule has 1 N–H and O–H groups in total. The first-order chi connectivity index (χ1) is 10.5. The third-order valence-electron chi connectivity index (χ3n) is 2.53. The highest BCUT2D eigenvalue weighted by Gasteiger charge is 2.28. The van der Waals surface area contributed by atoms with E-state index >= 15 is 0 Å². The first-order valence-corrected chi connectivity index (χ1v) is 8.45. The van der Waals surface area contributed by atoms with Crippen molar-refractivity contribution in [3.63, 3.8) is 0 Å². The Kier molecular flexibility index (Phi) is 6.84. The quantitative estimate of drug-likeness (QED) is 0.795. The molecule has 0 aromatic heterocycles. The van der Waals surface area contributed by atoms with Crippen LogP contribution in [0, 0.1) is 0 Å². The summed E-state index contributed by atoms with van der Waals surface area (Å²) < 4.78 is 64.1. The second kappa shape index (κ2) is 7.98. The highest BCUT2D eigenvalue weighted by molar-refractivity contribution is 7.92. The number of benzene rings is 1. The Labute approximate surface area is 136 Å². The monoisotopic (exact) mass is 373 g/mol. The second-order valence-corrected chi connectivity index (χ2v) is 7.24. The largest absolute Gasteiger partial charge is 0.411 e. The molecule has 10 heteroatoms. The van der Waals surface area contributed by atoms with Crippen molar-refractivity contribution >= 4 is 27.3 Å². The third-order valence-corrected chi connectivity index (χ3v) is 4.42. The maximum atomic E-state index is 12.0. The highest BCUT2D eigenvalue weighted by atomic mass is 35.5. The summed E-state index contributed by atoms with van der Waals surface area (Å²) in [7, 11) is -3.86. The summed E-state index contributed by atoms with van der Waals surface area (Å²) in [4.78, 5) is 11.6. The number of halogens is 4. The molecule has 0 saturated heterocycles. The molecule has 130 valence electrons. The molecule has 1 unspecified atom stereocenters. The number of carbonyl (C=O) groups is 1. The number of amides is 1. The second-order valence-electron chi connectivity index (χ2n) is 4.81. The van der Waals surface area contributed by atoms with E-state index in [0.717, 1.165) is 0 Å². The fraction of sp³-hybridized carbons (Fsp3) is 0.462. The normalized spacial score (nSPS) is 13.6. The summed E-state index contributed by atoms with van der Waals surface area (Å²) in [6.07, 6.45) is -4.46. The molecule has 1 atom stereocenters. The van der Waals surface area contributed by atoms with E-state index in [-0.39, 0.29) is 11.5 Å². The van der Waals surface area contributed by atoms with E-state index in [1.807, 2.05) is 0 Å². The number of alkyl halides is 3. The zero-order valence-corrected chi connectivity index (χ0v) is 13.6. The standard InChI is InChI=1S/C13H15ClF3NO4S/c1-9(6-22-8-13(15,16)17)18-12(19)7-23(20,21)11-4-2-10(14)3-5-11/h2-5,9H,6-8H2,1H3,(H,18,19). The Morgan fingerprint density at radius 3 is 2.39 bits per heavy atom. The number of nitrogens with one attached hydrogen (secondary N) is 1. The Morgan fingerprint density at radius 2 is 1.87 bits per heavy atom. The predicted molar refractivity (Wildman–Crippen MR) is 78.0 cm³/mol. The van der Waals surface area contributed by atoms with E-state index in [0.29, 0.717) is 5.02 Å². The fourth-order valence-electron chi connectivity index (χ4n) is 1.61. The van der Waals surface area contributed by atoms with Crippen molar-refractivity contribution in [3.05, 3.63) is 29.3 Å². The lowest BCUT2D eigenvalue weighted by Crippen LogP contribution is -2.39. The van der Waals surface area contributed by atoms with Gasteiger partial charge in [-0.3, -0.25) is 4.79 Å². The molecule has 0 fully saturated rings. The summed E-state index contributed by atoms with van der Waals surface area (Å²) in [6.45, 7) is -0.411. The zero-order valence-electron chi connectivity index (χ0n) is 12.1. The molecule has 0 spiro atoms. The van der Waals surface area contributed by atoms with E-state index < -0.39 is 40.3 Å². The van der Waals surface area contributed by atoms with Gasteiger partial charge in [0.15, 0.2) is 9.84 Å². The van der Waals surface area contributed by atoms with Crippen LogP contribution in [0.3, 0.4) is 0 Å². The van der Waals surface area contributed by atoms with Crippen LogP contribution in [0.4, 0.5) is 13.2 Å². The fourth-order valence-corrected chi connectivity index (χ4v) is 2.88. The van der Waals surface area contributed by atoms with Crippen LogP contribution in [0.2, 0.25) is 5.02 Å². The molecule has 1 rings (SSSR count). The molecule has 0 radical (unpaired) electrons. The molecular weight excluding hydrogens is 359 g/mol. The van der Waals surface area contributed by atoms with Crippen molar-refractivity contribution in [2.75, 3.05) is 19.0 Å². The SMILES string of the molecule is CC(COCC(F)(F)F)NC(=O)CS(=O)(=O)c1ccc(Cl)cc1. The van der Waals surface area contributed by atoms with Gasteiger partial charge in [0.25, 0.3) is 0 Å². The topological polar surface area (TPSA) is 72.5 Å². The minimum atomic E-state index is -4.46.